The number of benzene rings is 1. The molecule has 1 unspecified atom stereocenters. The molecule has 0 spiro atoms. The summed E-state index contributed by atoms with van der Waals surface area (Å²) in [5.41, 5.74) is 1.79. The van der Waals surface area contributed by atoms with Crippen LogP contribution in [-0.4, -0.2) is 33.6 Å². The number of hydrogen-bond donors (Lipinski definition) is 0. The highest BCUT2D eigenvalue weighted by Gasteiger charge is 2.34. The Hall–Kier alpha value is -2.39. The Morgan fingerprint density at radius 3 is 2.69 bits per heavy atom. The van der Waals surface area contributed by atoms with Gasteiger partial charge < -0.3 is 4.42 Å². The predicted octanol–water partition coefficient (Wildman–Crippen LogP) is 3.21. The molecule has 9 heteroatoms. The fraction of sp³-hybridized carbons (Fsp3) is 0.500. The first-order chi connectivity index (χ1) is 13.8. The van der Waals surface area contributed by atoms with Gasteiger partial charge in [-0.3, -0.25) is 9.25 Å². The summed E-state index contributed by atoms with van der Waals surface area (Å²) in [5, 5.41) is 4.22. The number of hydrogen-bond acceptors (Lipinski definition) is 5. The summed E-state index contributed by atoms with van der Waals surface area (Å²) in [6.07, 6.45) is 7.15. The molecule has 8 nitrogen and oxygen atoms in total. The van der Waals surface area contributed by atoms with E-state index in [9.17, 15) is 13.2 Å². The van der Waals surface area contributed by atoms with Crippen LogP contribution in [0.1, 0.15) is 57.2 Å². The van der Waals surface area contributed by atoms with E-state index in [4.69, 9.17) is 4.42 Å². The van der Waals surface area contributed by atoms with Gasteiger partial charge in [0.25, 0.3) is 0 Å². The summed E-state index contributed by atoms with van der Waals surface area (Å²) in [7, 11) is -1.94. The van der Waals surface area contributed by atoms with Crippen molar-refractivity contribution in [2.24, 2.45) is 7.05 Å². The lowest BCUT2D eigenvalue weighted by Crippen LogP contribution is -2.34. The molecule has 0 N–H and O–H groups in total. The Balaban J connectivity index is 1.78. The molecule has 0 saturated carbocycles. The first-order valence-corrected chi connectivity index (χ1v) is 11.4. The summed E-state index contributed by atoms with van der Waals surface area (Å²) in [4.78, 5) is 12.3. The SMILES string of the molecule is CC(C)n1c(=O)oc2cc(S(=O)(=O)N3CCCCCC3c3cnn(C)c3)ccc21. The minimum absolute atomic E-state index is 0.0771. The van der Waals surface area contributed by atoms with Crippen LogP contribution in [0.15, 0.2) is 44.7 Å². The van der Waals surface area contributed by atoms with Crippen molar-refractivity contribution in [3.63, 3.8) is 0 Å². The second-order valence-corrected chi connectivity index (χ2v) is 9.78. The summed E-state index contributed by atoms with van der Waals surface area (Å²) < 4.78 is 37.3. The Kier molecular flexibility index (Phi) is 5.12. The number of aryl methyl sites for hydroxylation is 1. The molecular weight excluding hydrogens is 392 g/mol. The van der Waals surface area contributed by atoms with Gasteiger partial charge in [0, 0.05) is 37.5 Å². The van der Waals surface area contributed by atoms with Crippen molar-refractivity contribution in [2.75, 3.05) is 6.54 Å². The van der Waals surface area contributed by atoms with Gasteiger partial charge in [-0.2, -0.15) is 9.40 Å². The smallest absolute Gasteiger partial charge is 0.408 e. The normalized spacial score (nSPS) is 19.1. The maximum absolute atomic E-state index is 13.6. The number of aromatic nitrogens is 3. The molecule has 0 bridgehead atoms. The van der Waals surface area contributed by atoms with Crippen LogP contribution >= 0.6 is 0 Å². The summed E-state index contributed by atoms with van der Waals surface area (Å²) >= 11 is 0. The number of sulfonamides is 1. The lowest BCUT2D eigenvalue weighted by Gasteiger charge is -2.28. The van der Waals surface area contributed by atoms with Gasteiger partial charge in [0.1, 0.15) is 0 Å². The van der Waals surface area contributed by atoms with E-state index in [0.29, 0.717) is 12.1 Å². The zero-order valence-corrected chi connectivity index (χ0v) is 17.7. The Labute approximate surface area is 169 Å². The molecule has 1 saturated heterocycles. The molecule has 1 aliphatic heterocycles. The molecule has 0 radical (unpaired) electrons. The van der Waals surface area contributed by atoms with Gasteiger partial charge in [0.05, 0.1) is 22.7 Å². The van der Waals surface area contributed by atoms with Crippen LogP contribution in [0.25, 0.3) is 11.1 Å². The van der Waals surface area contributed by atoms with Crippen LogP contribution in [0.3, 0.4) is 0 Å². The molecular formula is C20H26N4O4S. The Bertz CT molecular complexity index is 1190. The van der Waals surface area contributed by atoms with Gasteiger partial charge in [-0.15, -0.1) is 0 Å². The van der Waals surface area contributed by atoms with Gasteiger partial charge in [-0.25, -0.2) is 13.2 Å². The third kappa shape index (κ3) is 3.53. The largest absolute Gasteiger partial charge is 0.420 e. The molecule has 29 heavy (non-hydrogen) atoms. The zero-order valence-electron chi connectivity index (χ0n) is 16.9. The molecule has 0 aliphatic carbocycles. The van der Waals surface area contributed by atoms with E-state index in [0.717, 1.165) is 31.2 Å². The molecule has 4 rings (SSSR count). The molecule has 1 aliphatic rings. The van der Waals surface area contributed by atoms with Crippen LogP contribution < -0.4 is 5.76 Å². The molecule has 156 valence electrons. The number of nitrogens with zero attached hydrogens (tertiary/aromatic N) is 4. The van der Waals surface area contributed by atoms with Crippen molar-refractivity contribution in [3.05, 3.63) is 46.7 Å². The molecule has 0 amide bonds. The summed E-state index contributed by atoms with van der Waals surface area (Å²) in [6.45, 7) is 4.23. The van der Waals surface area contributed by atoms with Crippen molar-refractivity contribution in [1.29, 1.82) is 0 Å². The predicted molar refractivity (Wildman–Crippen MR) is 109 cm³/mol. The second-order valence-electron chi connectivity index (χ2n) is 7.89. The van der Waals surface area contributed by atoms with Crippen molar-refractivity contribution in [2.45, 2.75) is 56.5 Å². The Morgan fingerprint density at radius 2 is 2.00 bits per heavy atom. The topological polar surface area (TPSA) is 90.3 Å². The highest BCUT2D eigenvalue weighted by molar-refractivity contribution is 7.89. The first-order valence-electron chi connectivity index (χ1n) is 9.94. The molecule has 1 aromatic carbocycles. The fourth-order valence-electron chi connectivity index (χ4n) is 4.12. The first kappa shape index (κ1) is 19.9. The minimum Gasteiger partial charge on any atom is -0.408 e. The van der Waals surface area contributed by atoms with Crippen molar-refractivity contribution >= 4 is 21.1 Å². The average Bonchev–Trinajstić information content (AvgIpc) is 3.13. The van der Waals surface area contributed by atoms with Crippen molar-refractivity contribution in [3.8, 4) is 0 Å². The number of oxazole rings is 1. The Morgan fingerprint density at radius 1 is 1.21 bits per heavy atom. The van der Waals surface area contributed by atoms with Crippen LogP contribution in [0.2, 0.25) is 0 Å². The third-order valence-electron chi connectivity index (χ3n) is 5.52. The van der Waals surface area contributed by atoms with E-state index in [1.54, 1.807) is 27.3 Å². The molecule has 3 heterocycles. The van der Waals surface area contributed by atoms with Gasteiger partial charge in [0.15, 0.2) is 5.58 Å². The lowest BCUT2D eigenvalue weighted by atomic mass is 10.1. The van der Waals surface area contributed by atoms with Crippen LogP contribution in [0, 0.1) is 0 Å². The summed E-state index contributed by atoms with van der Waals surface area (Å²) in [6, 6.07) is 4.36. The van der Waals surface area contributed by atoms with E-state index in [1.807, 2.05) is 27.1 Å². The highest BCUT2D eigenvalue weighted by atomic mass is 32.2. The van der Waals surface area contributed by atoms with E-state index in [-0.39, 0.29) is 22.6 Å². The van der Waals surface area contributed by atoms with Gasteiger partial charge in [-0.1, -0.05) is 12.8 Å². The quantitative estimate of drug-likeness (QED) is 0.649. The van der Waals surface area contributed by atoms with Crippen molar-refractivity contribution in [1.82, 2.24) is 18.7 Å². The maximum atomic E-state index is 13.6. The molecule has 1 atom stereocenters. The fourth-order valence-corrected chi connectivity index (χ4v) is 5.81. The number of rotatable bonds is 4. The standard InChI is InChI=1S/C20H26N4O4S/c1-14(2)24-18-9-8-16(11-19(18)28-20(24)25)29(26,27)23-10-6-4-5-7-17(23)15-12-21-22(3)13-15/h8-9,11-14,17H,4-7,10H2,1-3H3. The highest BCUT2D eigenvalue weighted by Crippen LogP contribution is 2.35. The third-order valence-corrected chi connectivity index (χ3v) is 7.43. The van der Waals surface area contributed by atoms with E-state index in [2.05, 4.69) is 5.10 Å². The average molecular weight is 419 g/mol. The van der Waals surface area contributed by atoms with Gasteiger partial charge in [0.2, 0.25) is 10.0 Å². The van der Waals surface area contributed by atoms with E-state index < -0.39 is 15.8 Å². The lowest BCUT2D eigenvalue weighted by molar-refractivity contribution is 0.329. The number of fused-ring (bicyclic) bond motifs is 1. The second kappa shape index (κ2) is 7.46. The minimum atomic E-state index is -3.76. The summed E-state index contributed by atoms with van der Waals surface area (Å²) in [5.74, 6) is -0.479. The monoisotopic (exact) mass is 418 g/mol. The van der Waals surface area contributed by atoms with Gasteiger partial charge in [-0.05, 0) is 38.8 Å². The van der Waals surface area contributed by atoms with Gasteiger partial charge >= 0.3 is 5.76 Å². The maximum Gasteiger partial charge on any atom is 0.420 e. The van der Waals surface area contributed by atoms with Crippen molar-refractivity contribution < 1.29 is 12.8 Å². The van der Waals surface area contributed by atoms with E-state index >= 15 is 0 Å². The van der Waals surface area contributed by atoms with Crippen LogP contribution in [-0.2, 0) is 17.1 Å². The van der Waals surface area contributed by atoms with E-state index in [1.165, 1.54) is 10.6 Å². The zero-order chi connectivity index (χ0) is 20.8. The van der Waals surface area contributed by atoms with Crippen LogP contribution in [0.5, 0.6) is 0 Å². The molecule has 1 fully saturated rings. The molecule has 2 aromatic heterocycles. The molecule has 3 aromatic rings. The van der Waals surface area contributed by atoms with Crippen LogP contribution in [0.4, 0.5) is 0 Å².